The summed E-state index contributed by atoms with van der Waals surface area (Å²) >= 11 is 0. The Kier molecular flexibility index (Phi) is 6.65. The maximum atomic E-state index is 4.57. The molecule has 136 valence electrons. The van der Waals surface area contributed by atoms with Gasteiger partial charge in [-0.05, 0) is 37.0 Å². The first-order chi connectivity index (χ1) is 12.8. The van der Waals surface area contributed by atoms with Crippen LogP contribution in [-0.2, 0) is 6.42 Å². The van der Waals surface area contributed by atoms with Crippen LogP contribution in [-0.4, -0.2) is 9.55 Å². The first-order valence-corrected chi connectivity index (χ1v) is 9.98. The molecule has 0 unspecified atom stereocenters. The lowest BCUT2D eigenvalue weighted by Gasteiger charge is -2.13. The molecule has 3 rings (SSSR count). The Balaban J connectivity index is 1.68. The lowest BCUT2D eigenvalue weighted by Crippen LogP contribution is -2.00. The van der Waals surface area contributed by atoms with Gasteiger partial charge < -0.3 is 0 Å². The van der Waals surface area contributed by atoms with Gasteiger partial charge in [-0.1, -0.05) is 81.5 Å². The van der Waals surface area contributed by atoms with Crippen molar-refractivity contribution in [2.24, 2.45) is 0 Å². The molecule has 1 aromatic heterocycles. The molecule has 0 saturated carbocycles. The third-order valence-electron chi connectivity index (χ3n) is 5.01. The molecule has 2 aromatic carbocycles. The maximum absolute atomic E-state index is 4.57. The lowest BCUT2D eigenvalue weighted by molar-refractivity contribution is 0.607. The van der Waals surface area contributed by atoms with Crippen LogP contribution < -0.4 is 0 Å². The van der Waals surface area contributed by atoms with E-state index < -0.39 is 0 Å². The second-order valence-corrected chi connectivity index (χ2v) is 7.13. The van der Waals surface area contributed by atoms with Crippen molar-refractivity contribution in [2.75, 3.05) is 0 Å². The van der Waals surface area contributed by atoms with Crippen LogP contribution in [0.25, 0.3) is 17.1 Å². The van der Waals surface area contributed by atoms with Crippen molar-refractivity contribution < 1.29 is 0 Å². The topological polar surface area (TPSA) is 17.8 Å². The largest absolute Gasteiger partial charge is 0.300 e. The minimum Gasteiger partial charge on any atom is -0.300 e. The molecule has 0 radical (unpaired) electrons. The van der Waals surface area contributed by atoms with Gasteiger partial charge in [-0.25, -0.2) is 4.98 Å². The van der Waals surface area contributed by atoms with Crippen molar-refractivity contribution in [3.8, 4) is 17.1 Å². The second kappa shape index (κ2) is 9.38. The number of unbranched alkanes of at least 4 members (excludes halogenated alkanes) is 5. The smallest absolute Gasteiger partial charge is 0.144 e. The van der Waals surface area contributed by atoms with E-state index in [0.717, 1.165) is 11.4 Å². The predicted octanol–water partition coefficient (Wildman–Crippen LogP) is 6.75. The number of aromatic nitrogens is 2. The molecular formula is C24H30N2. The molecule has 0 N–H and O–H groups in total. The van der Waals surface area contributed by atoms with Gasteiger partial charge in [0.25, 0.3) is 0 Å². The van der Waals surface area contributed by atoms with Crippen LogP contribution in [0.3, 0.4) is 0 Å². The molecule has 2 heteroatoms. The first-order valence-electron chi connectivity index (χ1n) is 9.98. The van der Waals surface area contributed by atoms with Crippen LogP contribution in [0, 0.1) is 6.92 Å². The fourth-order valence-electron chi connectivity index (χ4n) is 3.55. The highest BCUT2D eigenvalue weighted by atomic mass is 15.1. The molecule has 0 bridgehead atoms. The van der Waals surface area contributed by atoms with E-state index in [1.54, 1.807) is 0 Å². The van der Waals surface area contributed by atoms with Gasteiger partial charge >= 0.3 is 0 Å². The first kappa shape index (κ1) is 18.4. The van der Waals surface area contributed by atoms with Gasteiger partial charge in [-0.3, -0.25) is 4.57 Å². The quantitative estimate of drug-likeness (QED) is 0.392. The molecule has 0 spiro atoms. The molecule has 3 aromatic rings. The Morgan fingerprint density at radius 3 is 2.42 bits per heavy atom. The van der Waals surface area contributed by atoms with Crippen molar-refractivity contribution >= 4 is 0 Å². The van der Waals surface area contributed by atoms with Crippen LogP contribution in [0.2, 0.25) is 0 Å². The Bertz CT molecular complexity index is 802. The third kappa shape index (κ3) is 4.63. The molecular weight excluding hydrogens is 316 g/mol. The molecule has 0 fully saturated rings. The van der Waals surface area contributed by atoms with E-state index in [0.29, 0.717) is 0 Å². The number of hydrogen-bond donors (Lipinski definition) is 0. The van der Waals surface area contributed by atoms with Crippen LogP contribution in [0.15, 0.2) is 60.9 Å². The average molecular weight is 347 g/mol. The molecule has 0 atom stereocenters. The highest BCUT2D eigenvalue weighted by molar-refractivity contribution is 5.59. The third-order valence-corrected chi connectivity index (χ3v) is 5.01. The molecule has 0 aliphatic carbocycles. The zero-order valence-corrected chi connectivity index (χ0v) is 16.1. The number of aryl methyl sites for hydroxylation is 2. The van der Waals surface area contributed by atoms with Gasteiger partial charge in [0.05, 0.1) is 0 Å². The molecule has 1 heterocycles. The fraction of sp³-hybridized carbons (Fsp3) is 0.375. The summed E-state index contributed by atoms with van der Waals surface area (Å²) in [4.78, 5) is 4.57. The Hall–Kier alpha value is -2.35. The molecule has 2 nitrogen and oxygen atoms in total. The van der Waals surface area contributed by atoms with E-state index in [9.17, 15) is 0 Å². The van der Waals surface area contributed by atoms with Crippen molar-refractivity contribution in [3.05, 3.63) is 72.1 Å². The standard InChI is InChI=1S/C24H30N2/c1-3-4-5-6-7-9-12-21-15-16-23(20(2)19-21)26-18-17-25-24(26)22-13-10-8-11-14-22/h8,10-11,13-19H,3-7,9,12H2,1-2H3. The number of rotatable bonds is 9. The predicted molar refractivity (Wildman–Crippen MR) is 111 cm³/mol. The van der Waals surface area contributed by atoms with Gasteiger partial charge in [-0.15, -0.1) is 0 Å². The van der Waals surface area contributed by atoms with Gasteiger partial charge in [0.15, 0.2) is 0 Å². The van der Waals surface area contributed by atoms with Crippen LogP contribution >= 0.6 is 0 Å². The van der Waals surface area contributed by atoms with Gasteiger partial charge in [0, 0.05) is 23.6 Å². The van der Waals surface area contributed by atoms with Crippen LogP contribution in [0.4, 0.5) is 0 Å². The van der Waals surface area contributed by atoms with Crippen molar-refractivity contribution in [1.82, 2.24) is 9.55 Å². The average Bonchev–Trinajstić information content (AvgIpc) is 3.15. The molecule has 0 amide bonds. The summed E-state index contributed by atoms with van der Waals surface area (Å²) in [6.07, 6.45) is 13.2. The van der Waals surface area contributed by atoms with E-state index >= 15 is 0 Å². The minimum absolute atomic E-state index is 0.998. The molecule has 0 aliphatic heterocycles. The summed E-state index contributed by atoms with van der Waals surface area (Å²) in [5.74, 6) is 0.998. The van der Waals surface area contributed by atoms with E-state index in [1.807, 2.05) is 12.3 Å². The Morgan fingerprint density at radius 2 is 1.65 bits per heavy atom. The van der Waals surface area contributed by atoms with Crippen LogP contribution in [0.5, 0.6) is 0 Å². The van der Waals surface area contributed by atoms with Crippen LogP contribution in [0.1, 0.15) is 56.6 Å². The van der Waals surface area contributed by atoms with Crippen molar-refractivity contribution in [1.29, 1.82) is 0 Å². The minimum atomic E-state index is 0.998. The lowest BCUT2D eigenvalue weighted by atomic mass is 10.0. The fourth-order valence-corrected chi connectivity index (χ4v) is 3.55. The number of imidazole rings is 1. The van der Waals surface area contributed by atoms with Gasteiger partial charge in [0.2, 0.25) is 0 Å². The number of nitrogens with zero attached hydrogens (tertiary/aromatic N) is 2. The summed E-state index contributed by atoms with van der Waals surface area (Å²) in [7, 11) is 0. The summed E-state index contributed by atoms with van der Waals surface area (Å²) in [5.41, 5.74) is 5.12. The SMILES string of the molecule is CCCCCCCCc1ccc(-n2ccnc2-c2ccccc2)c(C)c1. The summed E-state index contributed by atoms with van der Waals surface area (Å²) in [6, 6.07) is 17.3. The summed E-state index contributed by atoms with van der Waals surface area (Å²) in [5, 5.41) is 0. The van der Waals surface area contributed by atoms with Crippen molar-refractivity contribution in [2.45, 2.75) is 58.8 Å². The van der Waals surface area contributed by atoms with E-state index in [2.05, 4.69) is 72.1 Å². The Morgan fingerprint density at radius 1 is 0.885 bits per heavy atom. The van der Waals surface area contributed by atoms with E-state index in [4.69, 9.17) is 0 Å². The summed E-state index contributed by atoms with van der Waals surface area (Å²) < 4.78 is 2.19. The summed E-state index contributed by atoms with van der Waals surface area (Å²) in [6.45, 7) is 4.47. The maximum Gasteiger partial charge on any atom is 0.144 e. The Labute approximate surface area is 157 Å². The zero-order chi connectivity index (χ0) is 18.2. The number of benzene rings is 2. The van der Waals surface area contributed by atoms with E-state index in [1.165, 1.54) is 61.8 Å². The van der Waals surface area contributed by atoms with Gasteiger partial charge in [0.1, 0.15) is 5.82 Å². The molecule has 0 saturated heterocycles. The molecule has 26 heavy (non-hydrogen) atoms. The second-order valence-electron chi connectivity index (χ2n) is 7.13. The van der Waals surface area contributed by atoms with E-state index in [-0.39, 0.29) is 0 Å². The number of hydrogen-bond acceptors (Lipinski definition) is 1. The highest BCUT2D eigenvalue weighted by Gasteiger charge is 2.09. The monoisotopic (exact) mass is 346 g/mol. The molecule has 0 aliphatic rings. The normalized spacial score (nSPS) is 11.0. The van der Waals surface area contributed by atoms with Gasteiger partial charge in [-0.2, -0.15) is 0 Å². The zero-order valence-electron chi connectivity index (χ0n) is 16.1. The van der Waals surface area contributed by atoms with Crippen molar-refractivity contribution in [3.63, 3.8) is 0 Å². The highest BCUT2D eigenvalue weighted by Crippen LogP contribution is 2.24.